The van der Waals surface area contributed by atoms with E-state index in [1.54, 1.807) is 0 Å². The average Bonchev–Trinajstić information content (AvgIpc) is 2.79. The number of aromatic nitrogens is 2. The molecule has 1 aliphatic heterocycles. The van der Waals surface area contributed by atoms with E-state index >= 15 is 0 Å². The highest BCUT2D eigenvalue weighted by Gasteiger charge is 2.54. The normalized spacial score (nSPS) is 31.2. The topological polar surface area (TPSA) is 75.2 Å². The Labute approximate surface area is 195 Å². The van der Waals surface area contributed by atoms with Gasteiger partial charge in [-0.25, -0.2) is 9.97 Å². The predicted molar refractivity (Wildman–Crippen MR) is 127 cm³/mol. The molecule has 1 N–H and O–H groups in total. The van der Waals surface area contributed by atoms with Crippen molar-refractivity contribution >= 4 is 22.8 Å². The molecule has 2 heterocycles. The van der Waals surface area contributed by atoms with E-state index < -0.39 is 0 Å². The van der Waals surface area contributed by atoms with Gasteiger partial charge in [-0.2, -0.15) is 0 Å². The van der Waals surface area contributed by atoms with Crippen molar-refractivity contribution in [3.63, 3.8) is 0 Å². The summed E-state index contributed by atoms with van der Waals surface area (Å²) in [6.07, 6.45) is 9.03. The molecule has 2 aromatic rings. The molecule has 5 aliphatic rings. The van der Waals surface area contributed by atoms with Gasteiger partial charge in [0.15, 0.2) is 0 Å². The molecule has 6 heteroatoms. The second kappa shape index (κ2) is 7.78. The third-order valence-corrected chi connectivity index (χ3v) is 8.96. The minimum atomic E-state index is -0.0929. The van der Waals surface area contributed by atoms with Gasteiger partial charge in [0.2, 0.25) is 5.91 Å². The van der Waals surface area contributed by atoms with Crippen molar-refractivity contribution in [2.24, 2.45) is 23.2 Å². The van der Waals surface area contributed by atoms with Crippen molar-refractivity contribution < 1.29 is 9.59 Å². The Morgan fingerprint density at radius 2 is 1.48 bits per heavy atom. The largest absolute Gasteiger partial charge is 0.353 e. The minimum absolute atomic E-state index is 0.0442. The molecule has 6 nitrogen and oxygen atoms in total. The number of carbonyl (C=O) groups is 2. The van der Waals surface area contributed by atoms with Crippen molar-refractivity contribution in [3.05, 3.63) is 35.2 Å². The molecule has 4 saturated carbocycles. The number of aryl methyl sites for hydroxylation is 2. The lowest BCUT2D eigenvalue weighted by Crippen LogP contribution is -2.56. The van der Waals surface area contributed by atoms with Gasteiger partial charge in [0.05, 0.1) is 22.4 Å². The minimum Gasteiger partial charge on any atom is -0.353 e. The van der Waals surface area contributed by atoms with E-state index in [4.69, 9.17) is 0 Å². The van der Waals surface area contributed by atoms with Crippen molar-refractivity contribution in [1.29, 1.82) is 0 Å². The Hall–Kier alpha value is -2.50. The Kier molecular flexibility index (Phi) is 4.96. The third-order valence-electron chi connectivity index (χ3n) is 8.96. The van der Waals surface area contributed by atoms with Crippen LogP contribution >= 0.6 is 0 Å². The molecule has 4 bridgehead atoms. The summed E-state index contributed by atoms with van der Waals surface area (Å²) in [5.41, 5.74) is 3.96. The number of fused-ring (bicyclic) bond motifs is 1. The molecule has 1 aromatic heterocycles. The second-order valence-corrected chi connectivity index (χ2v) is 11.3. The monoisotopic (exact) mass is 446 g/mol. The first-order valence-electron chi connectivity index (χ1n) is 12.7. The Balaban J connectivity index is 1.08. The van der Waals surface area contributed by atoms with E-state index in [0.29, 0.717) is 24.6 Å². The molecule has 1 aromatic carbocycles. The summed E-state index contributed by atoms with van der Waals surface area (Å²) in [4.78, 5) is 37.6. The van der Waals surface area contributed by atoms with E-state index in [9.17, 15) is 9.59 Å². The molecule has 1 saturated heterocycles. The van der Waals surface area contributed by atoms with Gasteiger partial charge in [0.1, 0.15) is 0 Å². The van der Waals surface area contributed by atoms with Crippen LogP contribution in [0.25, 0.3) is 11.0 Å². The van der Waals surface area contributed by atoms with Gasteiger partial charge in [-0.3, -0.25) is 9.59 Å². The quantitative estimate of drug-likeness (QED) is 0.767. The first-order valence-corrected chi connectivity index (χ1v) is 12.7. The van der Waals surface area contributed by atoms with Crippen molar-refractivity contribution in [3.8, 4) is 0 Å². The van der Waals surface area contributed by atoms with E-state index in [2.05, 4.69) is 15.3 Å². The van der Waals surface area contributed by atoms with E-state index in [-0.39, 0.29) is 17.4 Å². The fourth-order valence-corrected chi connectivity index (χ4v) is 7.50. The number of hydrogen-bond donors (Lipinski definition) is 1. The summed E-state index contributed by atoms with van der Waals surface area (Å²) in [5, 5.41) is 3.42. The van der Waals surface area contributed by atoms with Gasteiger partial charge in [0.25, 0.3) is 5.91 Å². The lowest BCUT2D eigenvalue weighted by atomic mass is 9.49. The van der Waals surface area contributed by atoms with E-state index in [0.717, 1.165) is 72.3 Å². The van der Waals surface area contributed by atoms with Gasteiger partial charge in [-0.15, -0.1) is 0 Å². The van der Waals surface area contributed by atoms with E-state index in [1.807, 2.05) is 36.9 Å². The average molecular weight is 447 g/mol. The zero-order chi connectivity index (χ0) is 22.7. The van der Waals surface area contributed by atoms with Crippen LogP contribution < -0.4 is 5.32 Å². The molecular formula is C27H34N4O2. The zero-order valence-corrected chi connectivity index (χ0v) is 19.8. The van der Waals surface area contributed by atoms with Crippen molar-refractivity contribution in [1.82, 2.24) is 20.2 Å². The van der Waals surface area contributed by atoms with E-state index in [1.165, 1.54) is 19.3 Å². The van der Waals surface area contributed by atoms with Gasteiger partial charge in [-0.05, 0) is 101 Å². The van der Waals surface area contributed by atoms with Gasteiger partial charge in [0, 0.05) is 30.1 Å². The van der Waals surface area contributed by atoms with Crippen LogP contribution in [0.5, 0.6) is 0 Å². The lowest BCUT2D eigenvalue weighted by Gasteiger charge is -2.56. The molecule has 7 rings (SSSR count). The summed E-state index contributed by atoms with van der Waals surface area (Å²) in [5.74, 6) is 2.69. The predicted octanol–water partition coefficient (Wildman–Crippen LogP) is 4.18. The molecule has 5 fully saturated rings. The highest BCUT2D eigenvalue weighted by atomic mass is 16.2. The Morgan fingerprint density at radius 1 is 0.909 bits per heavy atom. The number of benzene rings is 1. The summed E-state index contributed by atoms with van der Waals surface area (Å²) >= 11 is 0. The number of rotatable bonds is 3. The fourth-order valence-electron chi connectivity index (χ4n) is 7.50. The Bertz CT molecular complexity index is 1080. The number of likely N-dealkylation sites (tertiary alicyclic amines) is 1. The number of nitrogens with one attached hydrogen (secondary N) is 1. The van der Waals surface area contributed by atoms with Gasteiger partial charge in [-0.1, -0.05) is 0 Å². The van der Waals surface area contributed by atoms with Crippen LogP contribution in [-0.4, -0.2) is 45.8 Å². The molecule has 0 atom stereocenters. The standard InChI is InChI=1S/C27H34N4O2/c1-16-17(2)29-24-12-21(3-4-23(24)28-16)25(32)31-7-5-22(6-8-31)30-26(33)27-13-18-9-19(14-27)11-20(10-18)15-27/h3-4,12,18-20,22H,5-11,13-15H2,1-2H3,(H,30,33). The second-order valence-electron chi connectivity index (χ2n) is 11.3. The van der Waals surface area contributed by atoms with Crippen LogP contribution in [0.4, 0.5) is 0 Å². The number of amides is 2. The first-order chi connectivity index (χ1) is 15.9. The molecule has 2 amide bonds. The number of nitrogens with zero attached hydrogens (tertiary/aromatic N) is 3. The summed E-state index contributed by atoms with van der Waals surface area (Å²) in [6.45, 7) is 5.26. The molecule has 0 unspecified atom stereocenters. The Morgan fingerprint density at radius 3 is 2.09 bits per heavy atom. The SMILES string of the molecule is Cc1nc2ccc(C(=O)N3CCC(NC(=O)C45CC6CC(CC(C6)C4)C5)CC3)cc2nc1C. The lowest BCUT2D eigenvalue weighted by molar-refractivity contribution is -0.147. The van der Waals surface area contributed by atoms with Crippen LogP contribution in [0.1, 0.15) is 73.1 Å². The summed E-state index contributed by atoms with van der Waals surface area (Å²) in [7, 11) is 0. The van der Waals surface area contributed by atoms with Crippen LogP contribution in [0.3, 0.4) is 0 Å². The van der Waals surface area contributed by atoms with Crippen molar-refractivity contribution in [2.75, 3.05) is 13.1 Å². The summed E-state index contributed by atoms with van der Waals surface area (Å²) < 4.78 is 0. The molecule has 174 valence electrons. The zero-order valence-electron chi connectivity index (χ0n) is 19.8. The number of piperidine rings is 1. The van der Waals surface area contributed by atoms with Gasteiger partial charge >= 0.3 is 0 Å². The fraction of sp³-hybridized carbons (Fsp3) is 0.630. The third kappa shape index (κ3) is 3.71. The maximum atomic E-state index is 13.4. The van der Waals surface area contributed by atoms with Crippen LogP contribution in [0.2, 0.25) is 0 Å². The maximum Gasteiger partial charge on any atom is 0.253 e. The highest BCUT2D eigenvalue weighted by molar-refractivity contribution is 5.97. The maximum absolute atomic E-state index is 13.4. The molecule has 0 radical (unpaired) electrons. The number of carbonyl (C=O) groups excluding carboxylic acids is 2. The summed E-state index contributed by atoms with van der Waals surface area (Å²) in [6, 6.07) is 5.79. The number of hydrogen-bond acceptors (Lipinski definition) is 4. The van der Waals surface area contributed by atoms with Gasteiger partial charge < -0.3 is 10.2 Å². The van der Waals surface area contributed by atoms with Crippen LogP contribution in [0, 0.1) is 37.0 Å². The molecule has 0 spiro atoms. The first kappa shape index (κ1) is 21.1. The van der Waals surface area contributed by atoms with Crippen LogP contribution in [0.15, 0.2) is 18.2 Å². The molecular weight excluding hydrogens is 412 g/mol. The van der Waals surface area contributed by atoms with Crippen LogP contribution in [-0.2, 0) is 4.79 Å². The molecule has 4 aliphatic carbocycles. The van der Waals surface area contributed by atoms with Crippen molar-refractivity contribution in [2.45, 2.75) is 71.3 Å². The highest BCUT2D eigenvalue weighted by Crippen LogP contribution is 2.60. The smallest absolute Gasteiger partial charge is 0.253 e. The molecule has 33 heavy (non-hydrogen) atoms.